The fourth-order valence-corrected chi connectivity index (χ4v) is 2.18. The summed E-state index contributed by atoms with van der Waals surface area (Å²) in [5.41, 5.74) is 0.0283. The third-order valence-electron chi connectivity index (χ3n) is 2.59. The molecule has 1 unspecified atom stereocenters. The molecule has 0 bridgehead atoms. The Morgan fingerprint density at radius 2 is 1.61 bits per heavy atom. The molecule has 2 aromatic rings. The molecule has 1 aromatic heterocycles. The number of aromatic nitrogens is 1. The van der Waals surface area contributed by atoms with Gasteiger partial charge in [-0.2, -0.15) is 0 Å². The lowest BCUT2D eigenvalue weighted by atomic mass is 9.88. The predicted molar refractivity (Wildman–Crippen MR) is 80.5 cm³/mol. The smallest absolute Gasteiger partial charge is 0.177 e. The van der Waals surface area contributed by atoms with Crippen LogP contribution < -0.4 is 0 Å². The summed E-state index contributed by atoms with van der Waals surface area (Å²) in [6.07, 6.45) is 3.26. The van der Waals surface area contributed by atoms with Gasteiger partial charge in [-0.3, -0.25) is 4.98 Å². The molecule has 0 saturated heterocycles. The first-order chi connectivity index (χ1) is 8.66. The van der Waals surface area contributed by atoms with E-state index in [1.54, 1.807) is 48.8 Å². The van der Waals surface area contributed by atoms with Crippen molar-refractivity contribution in [2.75, 3.05) is 0 Å². The maximum atomic E-state index is 10.8. The first-order valence-electron chi connectivity index (χ1n) is 5.18. The minimum absolute atomic E-state index is 0.623. The van der Waals surface area contributed by atoms with Gasteiger partial charge in [0.05, 0.1) is 0 Å². The van der Waals surface area contributed by atoms with Gasteiger partial charge in [-0.15, -0.1) is 0 Å². The SMILES string of the molecule is OC(C#CI)(c1ccncc1)c1ccc(Cl)cc1. The van der Waals surface area contributed by atoms with Crippen LogP contribution in [0.3, 0.4) is 0 Å². The number of nitrogens with zero attached hydrogens (tertiary/aromatic N) is 1. The Morgan fingerprint density at radius 1 is 1.06 bits per heavy atom. The van der Waals surface area contributed by atoms with Crippen LogP contribution in [0, 0.1) is 9.85 Å². The molecule has 1 atom stereocenters. The van der Waals surface area contributed by atoms with Crippen LogP contribution in [0.25, 0.3) is 0 Å². The van der Waals surface area contributed by atoms with E-state index < -0.39 is 5.60 Å². The Hall–Kier alpha value is -1.09. The van der Waals surface area contributed by atoms with Gasteiger partial charge in [-0.25, -0.2) is 0 Å². The summed E-state index contributed by atoms with van der Waals surface area (Å²) in [6.45, 7) is 0. The largest absolute Gasteiger partial charge is 0.369 e. The number of halogens is 2. The Bertz CT molecular complexity index is 589. The van der Waals surface area contributed by atoms with Gasteiger partial charge >= 0.3 is 0 Å². The van der Waals surface area contributed by atoms with Gasteiger partial charge in [0, 0.05) is 51.1 Å². The average molecular weight is 370 g/mol. The van der Waals surface area contributed by atoms with Gasteiger partial charge in [0.15, 0.2) is 5.60 Å². The van der Waals surface area contributed by atoms with E-state index in [0.29, 0.717) is 16.1 Å². The highest BCUT2D eigenvalue weighted by molar-refractivity contribution is 14.1. The molecule has 4 heteroatoms. The monoisotopic (exact) mass is 369 g/mol. The van der Waals surface area contributed by atoms with E-state index >= 15 is 0 Å². The first kappa shape index (κ1) is 13.3. The van der Waals surface area contributed by atoms with E-state index in [2.05, 4.69) is 14.8 Å². The quantitative estimate of drug-likeness (QED) is 0.650. The Morgan fingerprint density at radius 3 is 2.17 bits per heavy atom. The molecule has 0 aliphatic carbocycles. The normalized spacial score (nSPS) is 13.3. The molecule has 0 spiro atoms. The molecule has 2 rings (SSSR count). The van der Waals surface area contributed by atoms with Crippen LogP contribution in [0.4, 0.5) is 0 Å². The van der Waals surface area contributed by atoms with Crippen molar-refractivity contribution in [1.29, 1.82) is 0 Å². The molecule has 0 aliphatic heterocycles. The maximum Gasteiger partial charge on any atom is 0.177 e. The third kappa shape index (κ3) is 2.66. The van der Waals surface area contributed by atoms with Crippen LogP contribution in [-0.4, -0.2) is 10.1 Å². The van der Waals surface area contributed by atoms with Crippen molar-refractivity contribution in [3.63, 3.8) is 0 Å². The van der Waals surface area contributed by atoms with Crippen LogP contribution in [0.1, 0.15) is 11.1 Å². The summed E-state index contributed by atoms with van der Waals surface area (Å²) < 4.78 is 2.74. The molecular formula is C14H9ClINO. The molecule has 0 fully saturated rings. The molecule has 1 aromatic carbocycles. The third-order valence-corrected chi connectivity index (χ3v) is 3.11. The number of aliphatic hydroxyl groups is 1. The van der Waals surface area contributed by atoms with Crippen LogP contribution in [0.15, 0.2) is 48.8 Å². The van der Waals surface area contributed by atoms with Crippen molar-refractivity contribution < 1.29 is 5.11 Å². The highest BCUT2D eigenvalue weighted by atomic mass is 127. The summed E-state index contributed by atoms with van der Waals surface area (Å²) in [7, 11) is 0. The summed E-state index contributed by atoms with van der Waals surface area (Å²) >= 11 is 7.77. The predicted octanol–water partition coefficient (Wildman–Crippen LogP) is 3.37. The second kappa shape index (κ2) is 5.70. The fourth-order valence-electron chi connectivity index (χ4n) is 1.66. The van der Waals surface area contributed by atoms with Crippen LogP contribution in [-0.2, 0) is 5.60 Å². The lowest BCUT2D eigenvalue weighted by Crippen LogP contribution is -2.25. The van der Waals surface area contributed by atoms with Crippen molar-refractivity contribution >= 4 is 34.2 Å². The van der Waals surface area contributed by atoms with Gasteiger partial charge < -0.3 is 5.11 Å². The van der Waals surface area contributed by atoms with Crippen molar-refractivity contribution in [3.05, 3.63) is 64.9 Å². The van der Waals surface area contributed by atoms with Gasteiger partial charge in [0.2, 0.25) is 0 Å². The van der Waals surface area contributed by atoms with E-state index in [0.717, 1.165) is 0 Å². The molecule has 90 valence electrons. The van der Waals surface area contributed by atoms with Gasteiger partial charge in [0.25, 0.3) is 0 Å². The van der Waals surface area contributed by atoms with Gasteiger partial charge in [0.1, 0.15) is 0 Å². The Kier molecular flexibility index (Phi) is 4.23. The van der Waals surface area contributed by atoms with Crippen molar-refractivity contribution in [2.24, 2.45) is 0 Å². The highest BCUT2D eigenvalue weighted by Gasteiger charge is 2.29. The summed E-state index contributed by atoms with van der Waals surface area (Å²) in [6, 6.07) is 10.5. The Balaban J connectivity index is 2.57. The first-order valence-corrected chi connectivity index (χ1v) is 6.64. The zero-order valence-electron chi connectivity index (χ0n) is 9.27. The van der Waals surface area contributed by atoms with E-state index in [9.17, 15) is 5.11 Å². The molecule has 0 amide bonds. The molecule has 1 heterocycles. The molecule has 1 N–H and O–H groups in total. The minimum atomic E-state index is -1.34. The summed E-state index contributed by atoms with van der Waals surface area (Å²) in [4.78, 5) is 3.94. The number of hydrogen-bond acceptors (Lipinski definition) is 2. The zero-order chi connectivity index (χ0) is 13.0. The summed E-state index contributed by atoms with van der Waals surface area (Å²) in [5.74, 6) is 2.83. The van der Waals surface area contributed by atoms with Gasteiger partial charge in [-0.05, 0) is 34.1 Å². The topological polar surface area (TPSA) is 33.1 Å². The highest BCUT2D eigenvalue weighted by Crippen LogP contribution is 2.29. The molecule has 2 nitrogen and oxygen atoms in total. The van der Waals surface area contributed by atoms with Crippen molar-refractivity contribution in [1.82, 2.24) is 4.98 Å². The summed E-state index contributed by atoms with van der Waals surface area (Å²) in [5, 5.41) is 11.4. The fraction of sp³-hybridized carbons (Fsp3) is 0.0714. The van der Waals surface area contributed by atoms with Crippen molar-refractivity contribution in [3.8, 4) is 9.85 Å². The standard InChI is InChI=1S/C14H9ClINO/c15-13-3-1-11(2-4-13)14(18,7-8-16)12-5-9-17-10-6-12/h1-6,9-10,18H. The van der Waals surface area contributed by atoms with E-state index in [1.165, 1.54) is 0 Å². The Labute approximate surface area is 124 Å². The number of hydrogen-bond donors (Lipinski definition) is 1. The average Bonchev–Trinajstić information content (AvgIpc) is 2.40. The van der Waals surface area contributed by atoms with Gasteiger partial charge in [-0.1, -0.05) is 23.7 Å². The van der Waals surface area contributed by atoms with E-state index in [4.69, 9.17) is 11.6 Å². The van der Waals surface area contributed by atoms with E-state index in [1.807, 2.05) is 22.6 Å². The minimum Gasteiger partial charge on any atom is -0.369 e. The second-order valence-corrected chi connectivity index (χ2v) is 4.65. The maximum absolute atomic E-state index is 10.8. The van der Waals surface area contributed by atoms with Crippen LogP contribution >= 0.6 is 34.2 Å². The molecule has 0 radical (unpaired) electrons. The van der Waals surface area contributed by atoms with Crippen molar-refractivity contribution in [2.45, 2.75) is 5.60 Å². The zero-order valence-corrected chi connectivity index (χ0v) is 12.2. The molecule has 18 heavy (non-hydrogen) atoms. The number of rotatable bonds is 2. The molecular weight excluding hydrogens is 361 g/mol. The molecule has 0 saturated carbocycles. The van der Waals surface area contributed by atoms with Crippen LogP contribution in [0.2, 0.25) is 5.02 Å². The molecule has 0 aliphatic rings. The van der Waals surface area contributed by atoms with E-state index in [-0.39, 0.29) is 0 Å². The lowest BCUT2D eigenvalue weighted by Gasteiger charge is -2.23. The number of benzene rings is 1. The van der Waals surface area contributed by atoms with Crippen LogP contribution in [0.5, 0.6) is 0 Å². The second-order valence-electron chi connectivity index (χ2n) is 3.67. The number of pyridine rings is 1. The lowest BCUT2D eigenvalue weighted by molar-refractivity contribution is 0.145.